The molecule has 2 aromatic rings. The molecule has 3 rings (SSSR count). The normalized spacial score (nSPS) is 24.1. The van der Waals surface area contributed by atoms with Crippen molar-refractivity contribution in [2.75, 3.05) is 0 Å². The molecule has 1 aromatic heterocycles. The number of aromatic nitrogens is 2. The summed E-state index contributed by atoms with van der Waals surface area (Å²) in [6, 6.07) is 4.89. The summed E-state index contributed by atoms with van der Waals surface area (Å²) >= 11 is 0. The summed E-state index contributed by atoms with van der Waals surface area (Å²) in [5.74, 6) is -1.23. The van der Waals surface area contributed by atoms with Crippen molar-refractivity contribution in [1.29, 1.82) is 0 Å². The molecule has 0 radical (unpaired) electrons. The van der Waals surface area contributed by atoms with Crippen LogP contribution in [0.4, 0.5) is 0 Å². The predicted molar refractivity (Wildman–Crippen MR) is 67.4 cm³/mol. The fraction of sp³-hybridized carbons (Fsp3) is 0.231. The number of carbonyl (C=O) groups is 2. The third kappa shape index (κ3) is 1.91. The van der Waals surface area contributed by atoms with E-state index in [0.29, 0.717) is 10.9 Å². The fourth-order valence-corrected chi connectivity index (χ4v) is 2.10. The zero-order valence-electron chi connectivity index (χ0n) is 10.9. The number of nitrogens with zero attached hydrogens (tertiary/aromatic N) is 2. The Morgan fingerprint density at radius 2 is 2.11 bits per heavy atom. The summed E-state index contributed by atoms with van der Waals surface area (Å²) in [5, 5.41) is 2.43. The third-order valence-corrected chi connectivity index (χ3v) is 3.06. The minimum Gasteiger partial charge on any atom is -0.295 e. The van der Waals surface area contributed by atoms with Crippen LogP contribution in [0, 0.1) is 0 Å². The van der Waals surface area contributed by atoms with Gasteiger partial charge in [-0.25, -0.2) is 4.98 Å². The third-order valence-electron chi connectivity index (χ3n) is 3.06. The highest BCUT2D eigenvalue weighted by Crippen LogP contribution is 2.17. The number of fused-ring (bicyclic) bond motifs is 1. The highest BCUT2D eigenvalue weighted by Gasteiger charge is 2.28. The first kappa shape index (κ1) is 10.4. The lowest BCUT2D eigenvalue weighted by Gasteiger charge is -2.22. The van der Waals surface area contributed by atoms with Gasteiger partial charge in [-0.3, -0.25) is 24.3 Å². The molecule has 1 aliphatic heterocycles. The summed E-state index contributed by atoms with van der Waals surface area (Å²) in [5.41, 5.74) is 0.0414. The molecular weight excluding hydrogens is 246 g/mol. The number of hydrogen-bond acceptors (Lipinski definition) is 4. The molecule has 1 saturated heterocycles. The first-order valence-electron chi connectivity index (χ1n) is 6.33. The van der Waals surface area contributed by atoms with Crippen LogP contribution >= 0.6 is 0 Å². The van der Waals surface area contributed by atoms with Crippen molar-refractivity contribution in [2.24, 2.45) is 0 Å². The van der Waals surface area contributed by atoms with E-state index < -0.39 is 23.4 Å². The average molecular weight is 258 g/mol. The van der Waals surface area contributed by atoms with Crippen LogP contribution in [0.15, 0.2) is 35.4 Å². The monoisotopic (exact) mass is 258 g/mol. The van der Waals surface area contributed by atoms with E-state index in [1.54, 1.807) is 24.3 Å². The van der Waals surface area contributed by atoms with E-state index in [1.807, 2.05) is 0 Å². The molecule has 1 atom stereocenters. The van der Waals surface area contributed by atoms with Crippen LogP contribution in [-0.4, -0.2) is 21.4 Å². The summed E-state index contributed by atoms with van der Waals surface area (Å²) in [7, 11) is 0. The van der Waals surface area contributed by atoms with E-state index in [4.69, 9.17) is 1.37 Å². The quantitative estimate of drug-likeness (QED) is 0.749. The molecule has 2 amide bonds. The van der Waals surface area contributed by atoms with Crippen LogP contribution < -0.4 is 10.9 Å². The van der Waals surface area contributed by atoms with E-state index in [2.05, 4.69) is 10.3 Å². The Hall–Kier alpha value is -2.50. The van der Waals surface area contributed by atoms with Crippen molar-refractivity contribution in [3.05, 3.63) is 40.9 Å². The molecule has 96 valence electrons. The van der Waals surface area contributed by atoms with Gasteiger partial charge in [-0.2, -0.15) is 0 Å². The van der Waals surface area contributed by atoms with Gasteiger partial charge in [0.15, 0.2) is 0 Å². The number of piperidine rings is 1. The molecule has 0 spiro atoms. The largest absolute Gasteiger partial charge is 0.295 e. The van der Waals surface area contributed by atoms with Crippen LogP contribution in [0.1, 0.15) is 20.2 Å². The minimum absolute atomic E-state index is 0.0223. The summed E-state index contributed by atoms with van der Waals surface area (Å²) in [6.45, 7) is 0. The Kier molecular flexibility index (Phi) is 2.36. The number of amides is 2. The van der Waals surface area contributed by atoms with E-state index in [1.165, 1.54) is 6.33 Å². The predicted octanol–water partition coefficient (Wildman–Crippen LogP) is 0.374. The van der Waals surface area contributed by atoms with Gasteiger partial charge < -0.3 is 0 Å². The molecule has 1 aromatic carbocycles. The minimum atomic E-state index is -1.83. The second-order valence-corrected chi connectivity index (χ2v) is 4.26. The topological polar surface area (TPSA) is 81.1 Å². The smallest absolute Gasteiger partial charge is 0.261 e. The van der Waals surface area contributed by atoms with Crippen LogP contribution in [-0.2, 0) is 9.59 Å². The molecule has 6 heteroatoms. The number of benzene rings is 1. The number of para-hydroxylation sites is 1. The van der Waals surface area contributed by atoms with Crippen LogP contribution in [0.3, 0.4) is 0 Å². The van der Waals surface area contributed by atoms with Gasteiger partial charge in [-0.15, -0.1) is 0 Å². The van der Waals surface area contributed by atoms with Crippen molar-refractivity contribution in [3.63, 3.8) is 0 Å². The highest BCUT2D eigenvalue weighted by molar-refractivity contribution is 5.99. The van der Waals surface area contributed by atoms with E-state index >= 15 is 0 Å². The van der Waals surface area contributed by atoms with Crippen LogP contribution in [0.2, 0.25) is 0 Å². The number of imide groups is 1. The number of hydrogen-bond donors (Lipinski definition) is 1. The Bertz CT molecular complexity index is 786. The molecular formula is C13H11N3O3. The molecule has 1 aliphatic rings. The van der Waals surface area contributed by atoms with Gasteiger partial charge >= 0.3 is 0 Å². The van der Waals surface area contributed by atoms with Gasteiger partial charge in [-0.1, -0.05) is 12.1 Å². The fourth-order valence-electron chi connectivity index (χ4n) is 2.10. The molecule has 2 heterocycles. The molecule has 0 aliphatic carbocycles. The second kappa shape index (κ2) is 4.31. The summed E-state index contributed by atoms with van der Waals surface area (Å²) < 4.78 is 9.22. The zero-order valence-corrected chi connectivity index (χ0v) is 9.92. The Labute approximate surface area is 109 Å². The van der Waals surface area contributed by atoms with E-state index in [0.717, 1.165) is 4.57 Å². The number of rotatable bonds is 1. The molecule has 19 heavy (non-hydrogen) atoms. The lowest BCUT2D eigenvalue weighted by Crippen LogP contribution is -2.44. The molecule has 1 fully saturated rings. The van der Waals surface area contributed by atoms with E-state index in [-0.39, 0.29) is 12.8 Å². The van der Waals surface area contributed by atoms with Crippen LogP contribution in [0.5, 0.6) is 0 Å². The van der Waals surface area contributed by atoms with Crippen LogP contribution in [0.25, 0.3) is 10.9 Å². The Morgan fingerprint density at radius 3 is 2.89 bits per heavy atom. The molecule has 6 nitrogen and oxygen atoms in total. The van der Waals surface area contributed by atoms with Gasteiger partial charge in [0.2, 0.25) is 11.8 Å². The maximum atomic E-state index is 12.4. The lowest BCUT2D eigenvalue weighted by atomic mass is 10.1. The van der Waals surface area contributed by atoms with Gasteiger partial charge in [0.25, 0.3) is 5.56 Å². The standard InChI is InChI=1S/C13H11N3O3/c17-11-6-5-10(12(18)15-11)16-7-14-9-4-2-1-3-8(9)13(16)19/h1-4,7,10H,5-6H2,(H,15,17,18)/t10-/m1/s1/i10D. The van der Waals surface area contributed by atoms with Crippen molar-refractivity contribution in [3.8, 4) is 0 Å². The van der Waals surface area contributed by atoms with Crippen molar-refractivity contribution < 1.29 is 11.0 Å². The summed E-state index contributed by atoms with van der Waals surface area (Å²) in [4.78, 5) is 39.6. The maximum Gasteiger partial charge on any atom is 0.261 e. The SMILES string of the molecule is [2H][C@@]1(n2cnc3ccccc3c2=O)CCC(=O)NC1=O. The zero-order chi connectivity index (χ0) is 14.3. The van der Waals surface area contributed by atoms with Crippen molar-refractivity contribution in [1.82, 2.24) is 14.9 Å². The Morgan fingerprint density at radius 1 is 1.32 bits per heavy atom. The van der Waals surface area contributed by atoms with Gasteiger partial charge in [0.1, 0.15) is 6.02 Å². The lowest BCUT2D eigenvalue weighted by molar-refractivity contribution is -0.135. The second-order valence-electron chi connectivity index (χ2n) is 4.26. The number of nitrogens with one attached hydrogen (secondary N) is 1. The van der Waals surface area contributed by atoms with Gasteiger partial charge in [-0.05, 0) is 18.6 Å². The average Bonchev–Trinajstić information content (AvgIpc) is 2.44. The molecule has 1 N–H and O–H groups in total. The van der Waals surface area contributed by atoms with Gasteiger partial charge in [0, 0.05) is 6.42 Å². The Balaban J connectivity index is 2.19. The maximum absolute atomic E-state index is 12.4. The number of carbonyl (C=O) groups excluding carboxylic acids is 2. The first-order chi connectivity index (χ1) is 9.52. The molecule has 0 bridgehead atoms. The van der Waals surface area contributed by atoms with Crippen molar-refractivity contribution in [2.45, 2.75) is 18.9 Å². The highest BCUT2D eigenvalue weighted by atomic mass is 16.2. The molecule has 0 unspecified atom stereocenters. The van der Waals surface area contributed by atoms with Crippen molar-refractivity contribution >= 4 is 22.7 Å². The summed E-state index contributed by atoms with van der Waals surface area (Å²) in [6.07, 6.45) is 1.17. The first-order valence-corrected chi connectivity index (χ1v) is 5.83. The molecule has 0 saturated carbocycles. The van der Waals surface area contributed by atoms with Gasteiger partial charge in [0.05, 0.1) is 18.6 Å². The van der Waals surface area contributed by atoms with E-state index in [9.17, 15) is 14.4 Å².